The minimum Gasteiger partial charge on any atom is -0.494 e. The topological polar surface area (TPSA) is 72.2 Å². The molecule has 0 aliphatic carbocycles. The molecule has 6 heteroatoms. The normalized spacial score (nSPS) is 11.1. The SMILES string of the molecule is CCOc1ccc(/C=C(\C#N)C(=O)OCc2cc3ccccc3nc2Cl)cc1. The summed E-state index contributed by atoms with van der Waals surface area (Å²) in [5.74, 6) is -0.000194. The van der Waals surface area contributed by atoms with Crippen LogP contribution in [0, 0.1) is 11.3 Å². The van der Waals surface area contributed by atoms with E-state index < -0.39 is 5.97 Å². The number of fused-ring (bicyclic) bond motifs is 1. The van der Waals surface area contributed by atoms with Crippen LogP contribution in [-0.4, -0.2) is 17.6 Å². The minimum atomic E-state index is -0.722. The fourth-order valence-electron chi connectivity index (χ4n) is 2.59. The van der Waals surface area contributed by atoms with Gasteiger partial charge in [0.15, 0.2) is 0 Å². The van der Waals surface area contributed by atoms with Crippen molar-refractivity contribution >= 4 is 34.5 Å². The lowest BCUT2D eigenvalue weighted by Crippen LogP contribution is -2.07. The molecule has 0 N–H and O–H groups in total. The Balaban J connectivity index is 1.72. The molecule has 0 unspecified atom stereocenters. The highest BCUT2D eigenvalue weighted by molar-refractivity contribution is 6.30. The summed E-state index contributed by atoms with van der Waals surface area (Å²) < 4.78 is 10.6. The monoisotopic (exact) mass is 392 g/mol. The highest BCUT2D eigenvalue weighted by atomic mass is 35.5. The summed E-state index contributed by atoms with van der Waals surface area (Å²) >= 11 is 6.18. The molecule has 28 heavy (non-hydrogen) atoms. The summed E-state index contributed by atoms with van der Waals surface area (Å²) in [6, 6.07) is 18.3. The van der Waals surface area contributed by atoms with Gasteiger partial charge in [0.1, 0.15) is 29.2 Å². The summed E-state index contributed by atoms with van der Waals surface area (Å²) in [5, 5.41) is 10.5. The number of esters is 1. The highest BCUT2D eigenvalue weighted by Gasteiger charge is 2.13. The molecule has 0 radical (unpaired) electrons. The Hall–Kier alpha value is -3.36. The Morgan fingerprint density at radius 3 is 2.68 bits per heavy atom. The van der Waals surface area contributed by atoms with E-state index in [-0.39, 0.29) is 17.3 Å². The molecule has 0 aliphatic rings. The molecule has 140 valence electrons. The second kappa shape index (κ2) is 9.03. The second-order valence-corrected chi connectivity index (χ2v) is 6.24. The van der Waals surface area contributed by atoms with Gasteiger partial charge < -0.3 is 9.47 Å². The number of hydrogen-bond acceptors (Lipinski definition) is 5. The number of pyridine rings is 1. The molecule has 0 spiro atoms. The Morgan fingerprint density at radius 1 is 1.21 bits per heavy atom. The molecule has 0 atom stereocenters. The molecule has 0 saturated heterocycles. The van der Waals surface area contributed by atoms with Crippen LogP contribution >= 0.6 is 11.6 Å². The van der Waals surface area contributed by atoms with Crippen molar-refractivity contribution in [1.82, 2.24) is 4.98 Å². The molecule has 1 heterocycles. The first kappa shape index (κ1) is 19.4. The van der Waals surface area contributed by atoms with Crippen LogP contribution in [0.5, 0.6) is 5.75 Å². The zero-order chi connectivity index (χ0) is 19.9. The lowest BCUT2D eigenvalue weighted by atomic mass is 10.1. The van der Waals surface area contributed by atoms with Gasteiger partial charge in [0.2, 0.25) is 0 Å². The van der Waals surface area contributed by atoms with Gasteiger partial charge >= 0.3 is 5.97 Å². The average Bonchev–Trinajstić information content (AvgIpc) is 2.71. The van der Waals surface area contributed by atoms with Crippen LogP contribution in [0.15, 0.2) is 60.2 Å². The van der Waals surface area contributed by atoms with Crippen LogP contribution in [0.2, 0.25) is 5.15 Å². The fraction of sp³-hybridized carbons (Fsp3) is 0.136. The van der Waals surface area contributed by atoms with Crippen molar-refractivity contribution in [1.29, 1.82) is 5.26 Å². The molecule has 0 bridgehead atoms. The van der Waals surface area contributed by atoms with Crippen molar-refractivity contribution in [3.8, 4) is 11.8 Å². The van der Waals surface area contributed by atoms with E-state index in [1.165, 1.54) is 6.08 Å². The maximum absolute atomic E-state index is 12.3. The van der Waals surface area contributed by atoms with E-state index in [0.717, 1.165) is 16.7 Å². The van der Waals surface area contributed by atoms with Crippen LogP contribution in [0.1, 0.15) is 18.1 Å². The van der Waals surface area contributed by atoms with Crippen molar-refractivity contribution in [2.75, 3.05) is 6.61 Å². The predicted octanol–water partition coefficient (Wildman–Crippen LogP) is 4.94. The number of carbonyl (C=O) groups is 1. The van der Waals surface area contributed by atoms with Gasteiger partial charge in [-0.2, -0.15) is 5.26 Å². The Bertz CT molecular complexity index is 1070. The molecule has 2 aromatic carbocycles. The van der Waals surface area contributed by atoms with Crippen molar-refractivity contribution < 1.29 is 14.3 Å². The quantitative estimate of drug-likeness (QED) is 0.257. The summed E-state index contributed by atoms with van der Waals surface area (Å²) in [7, 11) is 0. The number of carbonyl (C=O) groups excluding carboxylic acids is 1. The predicted molar refractivity (Wildman–Crippen MR) is 108 cm³/mol. The van der Waals surface area contributed by atoms with Crippen LogP contribution in [0.3, 0.4) is 0 Å². The first-order valence-electron chi connectivity index (χ1n) is 8.66. The molecule has 0 aliphatic heterocycles. The van der Waals surface area contributed by atoms with Crippen LogP contribution in [0.4, 0.5) is 0 Å². The Morgan fingerprint density at radius 2 is 1.96 bits per heavy atom. The second-order valence-electron chi connectivity index (χ2n) is 5.88. The molecule has 1 aromatic heterocycles. The van der Waals surface area contributed by atoms with E-state index in [0.29, 0.717) is 17.7 Å². The summed E-state index contributed by atoms with van der Waals surface area (Å²) in [6.07, 6.45) is 1.47. The average molecular weight is 393 g/mol. The number of halogens is 1. The van der Waals surface area contributed by atoms with E-state index >= 15 is 0 Å². The minimum absolute atomic E-state index is 0.0716. The Kier molecular flexibility index (Phi) is 6.25. The van der Waals surface area contributed by atoms with Crippen LogP contribution in [0.25, 0.3) is 17.0 Å². The van der Waals surface area contributed by atoms with Crippen LogP contribution in [-0.2, 0) is 16.1 Å². The van der Waals surface area contributed by atoms with Gasteiger partial charge in [-0.1, -0.05) is 41.9 Å². The van der Waals surface area contributed by atoms with E-state index in [1.807, 2.05) is 43.3 Å². The van der Waals surface area contributed by atoms with Crippen molar-refractivity contribution in [3.63, 3.8) is 0 Å². The van der Waals surface area contributed by atoms with E-state index in [9.17, 15) is 10.1 Å². The maximum Gasteiger partial charge on any atom is 0.349 e. The molecular formula is C22H17ClN2O3. The number of nitrogens with zero attached hydrogens (tertiary/aromatic N) is 2. The van der Waals surface area contributed by atoms with Gasteiger partial charge in [0.05, 0.1) is 12.1 Å². The number of ether oxygens (including phenoxy) is 2. The number of hydrogen-bond donors (Lipinski definition) is 0. The van der Waals surface area contributed by atoms with Gasteiger partial charge in [0, 0.05) is 10.9 Å². The van der Waals surface area contributed by atoms with E-state index in [4.69, 9.17) is 21.1 Å². The Labute approximate surface area is 167 Å². The highest BCUT2D eigenvalue weighted by Crippen LogP contribution is 2.22. The largest absolute Gasteiger partial charge is 0.494 e. The lowest BCUT2D eigenvalue weighted by Gasteiger charge is -2.07. The lowest BCUT2D eigenvalue weighted by molar-refractivity contribution is -0.139. The third-order valence-electron chi connectivity index (χ3n) is 3.95. The van der Waals surface area contributed by atoms with Gasteiger partial charge in [-0.05, 0) is 42.8 Å². The first-order chi connectivity index (χ1) is 13.6. The van der Waals surface area contributed by atoms with Gasteiger partial charge in [-0.15, -0.1) is 0 Å². The number of para-hydroxylation sites is 1. The number of nitriles is 1. The third-order valence-corrected chi connectivity index (χ3v) is 4.28. The molecule has 0 fully saturated rings. The molecule has 3 rings (SSSR count). The van der Waals surface area contributed by atoms with Crippen molar-refractivity contribution in [2.24, 2.45) is 0 Å². The molecule has 0 saturated carbocycles. The maximum atomic E-state index is 12.3. The summed E-state index contributed by atoms with van der Waals surface area (Å²) in [4.78, 5) is 16.6. The van der Waals surface area contributed by atoms with Gasteiger partial charge in [0.25, 0.3) is 0 Å². The van der Waals surface area contributed by atoms with Crippen molar-refractivity contribution in [2.45, 2.75) is 13.5 Å². The standard InChI is InChI=1S/C22H17ClN2O3/c1-2-27-19-9-7-15(8-10-19)11-17(13-24)22(26)28-14-18-12-16-5-3-4-6-20(16)25-21(18)23/h3-12H,2,14H2,1H3/b17-11+. The number of rotatable bonds is 6. The van der Waals surface area contributed by atoms with Crippen molar-refractivity contribution in [3.05, 3.63) is 76.5 Å². The van der Waals surface area contributed by atoms with Gasteiger partial charge in [-0.3, -0.25) is 0 Å². The molecule has 3 aromatic rings. The first-order valence-corrected chi connectivity index (χ1v) is 9.04. The van der Waals surface area contributed by atoms with E-state index in [1.54, 1.807) is 24.3 Å². The fourth-order valence-corrected chi connectivity index (χ4v) is 2.79. The zero-order valence-corrected chi connectivity index (χ0v) is 15.9. The summed E-state index contributed by atoms with van der Waals surface area (Å²) in [6.45, 7) is 2.39. The zero-order valence-electron chi connectivity index (χ0n) is 15.2. The van der Waals surface area contributed by atoms with E-state index in [2.05, 4.69) is 4.98 Å². The molecular weight excluding hydrogens is 376 g/mol. The van der Waals surface area contributed by atoms with Crippen LogP contribution < -0.4 is 4.74 Å². The number of aromatic nitrogens is 1. The molecule has 5 nitrogen and oxygen atoms in total. The number of benzene rings is 2. The smallest absolute Gasteiger partial charge is 0.349 e. The molecule has 0 amide bonds. The third kappa shape index (κ3) is 4.67. The summed E-state index contributed by atoms with van der Waals surface area (Å²) in [5.41, 5.74) is 1.93. The van der Waals surface area contributed by atoms with Gasteiger partial charge in [-0.25, -0.2) is 9.78 Å².